The highest BCUT2D eigenvalue weighted by Gasteiger charge is 2.27. The third kappa shape index (κ3) is 3.86. The lowest BCUT2D eigenvalue weighted by Crippen LogP contribution is -2.47. The van der Waals surface area contributed by atoms with E-state index in [1.807, 2.05) is 32.0 Å². The molecule has 3 rings (SSSR count). The lowest BCUT2D eigenvalue weighted by atomic mass is 9.99. The number of carbonyl (C=O) groups is 3. The highest BCUT2D eigenvalue weighted by molar-refractivity contribution is 6.07. The van der Waals surface area contributed by atoms with Crippen LogP contribution in [-0.4, -0.2) is 37.6 Å². The van der Waals surface area contributed by atoms with Crippen molar-refractivity contribution in [2.75, 3.05) is 13.7 Å². The summed E-state index contributed by atoms with van der Waals surface area (Å²) in [5.41, 5.74) is 2.91. The van der Waals surface area contributed by atoms with Gasteiger partial charge in [0.1, 0.15) is 6.04 Å². The summed E-state index contributed by atoms with van der Waals surface area (Å²) in [5.74, 6) is -1.69. The van der Waals surface area contributed by atoms with E-state index in [1.165, 1.54) is 18.2 Å². The molecule has 0 radical (unpaired) electrons. The standard InChI is InChI=1S/C22H25NO5/c1-4-13(2)20(22(26)27-3)23-18(24)12-28-21(25)17-11-10-15-9-8-14-6-5-7-16(17)19(14)15/h5-7,10-11,13,20H,4,8-9,12H2,1-3H3,(H,23,24). The average Bonchev–Trinajstić information content (AvgIpc) is 3.14. The molecule has 1 amide bonds. The zero-order chi connectivity index (χ0) is 20.3. The summed E-state index contributed by atoms with van der Waals surface area (Å²) in [6.45, 7) is 3.31. The maximum atomic E-state index is 12.6. The van der Waals surface area contributed by atoms with Gasteiger partial charge < -0.3 is 14.8 Å². The summed E-state index contributed by atoms with van der Waals surface area (Å²) in [4.78, 5) is 36.7. The van der Waals surface area contributed by atoms with Crippen molar-refractivity contribution < 1.29 is 23.9 Å². The van der Waals surface area contributed by atoms with Gasteiger partial charge >= 0.3 is 11.9 Å². The first-order valence-electron chi connectivity index (χ1n) is 9.54. The SMILES string of the molecule is CCC(C)C(NC(=O)COC(=O)c1ccc2c3c(cccc13)CC2)C(=O)OC. The van der Waals surface area contributed by atoms with Gasteiger partial charge in [-0.3, -0.25) is 4.79 Å². The Kier molecular flexibility index (Phi) is 5.97. The van der Waals surface area contributed by atoms with Crippen molar-refractivity contribution in [1.82, 2.24) is 5.32 Å². The van der Waals surface area contributed by atoms with Crippen LogP contribution < -0.4 is 5.32 Å². The summed E-state index contributed by atoms with van der Waals surface area (Å²) in [6.07, 6.45) is 2.64. The summed E-state index contributed by atoms with van der Waals surface area (Å²) < 4.78 is 9.97. The lowest BCUT2D eigenvalue weighted by molar-refractivity contribution is -0.147. The van der Waals surface area contributed by atoms with Gasteiger partial charge in [0.2, 0.25) is 0 Å². The van der Waals surface area contributed by atoms with Gasteiger partial charge in [0, 0.05) is 0 Å². The van der Waals surface area contributed by atoms with Gasteiger partial charge in [-0.2, -0.15) is 0 Å². The maximum Gasteiger partial charge on any atom is 0.339 e. The van der Waals surface area contributed by atoms with Crippen molar-refractivity contribution in [3.63, 3.8) is 0 Å². The molecule has 0 saturated heterocycles. The molecule has 1 aliphatic rings. The van der Waals surface area contributed by atoms with E-state index in [4.69, 9.17) is 9.47 Å². The number of carbonyl (C=O) groups excluding carboxylic acids is 3. The van der Waals surface area contributed by atoms with Gasteiger partial charge in [0.05, 0.1) is 12.7 Å². The van der Waals surface area contributed by atoms with Crippen LogP contribution in [0.15, 0.2) is 30.3 Å². The molecule has 0 aliphatic heterocycles. The van der Waals surface area contributed by atoms with E-state index in [-0.39, 0.29) is 5.92 Å². The molecule has 0 saturated carbocycles. The molecular weight excluding hydrogens is 358 g/mol. The van der Waals surface area contributed by atoms with Crippen LogP contribution in [0, 0.1) is 5.92 Å². The summed E-state index contributed by atoms with van der Waals surface area (Å²) in [7, 11) is 1.28. The van der Waals surface area contributed by atoms with Crippen molar-refractivity contribution in [1.29, 1.82) is 0 Å². The topological polar surface area (TPSA) is 81.7 Å². The zero-order valence-corrected chi connectivity index (χ0v) is 16.4. The van der Waals surface area contributed by atoms with Crippen LogP contribution in [0.4, 0.5) is 0 Å². The Labute approximate surface area is 164 Å². The number of amides is 1. The average molecular weight is 383 g/mol. The van der Waals surface area contributed by atoms with E-state index in [9.17, 15) is 14.4 Å². The Balaban J connectivity index is 1.68. The molecule has 1 aliphatic carbocycles. The first-order chi connectivity index (χ1) is 13.5. The number of methoxy groups -OCH3 is 1. The van der Waals surface area contributed by atoms with Gasteiger partial charge in [-0.05, 0) is 46.7 Å². The van der Waals surface area contributed by atoms with E-state index in [2.05, 4.69) is 11.4 Å². The van der Waals surface area contributed by atoms with Crippen LogP contribution >= 0.6 is 0 Å². The van der Waals surface area contributed by atoms with Crippen LogP contribution in [-0.2, 0) is 31.9 Å². The molecule has 0 heterocycles. The Morgan fingerprint density at radius 1 is 1.11 bits per heavy atom. The molecule has 2 aromatic rings. The minimum atomic E-state index is -0.766. The van der Waals surface area contributed by atoms with Crippen molar-refractivity contribution in [3.8, 4) is 0 Å². The molecule has 6 heteroatoms. The number of esters is 2. The predicted octanol–water partition coefficient (Wildman–Crippen LogP) is 2.80. The van der Waals surface area contributed by atoms with Crippen LogP contribution in [0.5, 0.6) is 0 Å². The number of ether oxygens (including phenoxy) is 2. The third-order valence-corrected chi connectivity index (χ3v) is 5.42. The van der Waals surface area contributed by atoms with E-state index < -0.39 is 30.5 Å². The number of rotatable bonds is 7. The number of benzene rings is 2. The molecule has 2 unspecified atom stereocenters. The molecule has 0 spiro atoms. The van der Waals surface area contributed by atoms with Gasteiger partial charge in [0.15, 0.2) is 6.61 Å². The third-order valence-electron chi connectivity index (χ3n) is 5.42. The van der Waals surface area contributed by atoms with Crippen LogP contribution in [0.1, 0.15) is 41.8 Å². The minimum absolute atomic E-state index is 0.0939. The minimum Gasteiger partial charge on any atom is -0.467 e. The van der Waals surface area contributed by atoms with E-state index in [1.54, 1.807) is 6.07 Å². The Bertz CT molecular complexity index is 910. The van der Waals surface area contributed by atoms with Crippen molar-refractivity contribution in [2.24, 2.45) is 5.92 Å². The summed E-state index contributed by atoms with van der Waals surface area (Å²) in [6, 6.07) is 8.85. The second-order valence-electron chi connectivity index (χ2n) is 7.14. The van der Waals surface area contributed by atoms with Gasteiger partial charge in [-0.15, -0.1) is 0 Å². The number of hydrogen-bond acceptors (Lipinski definition) is 5. The summed E-state index contributed by atoms with van der Waals surface area (Å²) >= 11 is 0. The largest absolute Gasteiger partial charge is 0.467 e. The van der Waals surface area contributed by atoms with Crippen LogP contribution in [0.2, 0.25) is 0 Å². The van der Waals surface area contributed by atoms with Crippen molar-refractivity contribution >= 4 is 28.6 Å². The lowest BCUT2D eigenvalue weighted by Gasteiger charge is -2.21. The monoisotopic (exact) mass is 383 g/mol. The molecule has 28 heavy (non-hydrogen) atoms. The normalized spacial score (nSPS) is 14.4. The molecule has 148 valence electrons. The van der Waals surface area contributed by atoms with Gasteiger partial charge in [-0.1, -0.05) is 44.5 Å². The number of aryl methyl sites for hydroxylation is 2. The summed E-state index contributed by atoms with van der Waals surface area (Å²) in [5, 5.41) is 4.57. The molecule has 0 fully saturated rings. The van der Waals surface area contributed by atoms with Crippen molar-refractivity contribution in [2.45, 2.75) is 39.2 Å². The maximum absolute atomic E-state index is 12.6. The molecule has 2 atom stereocenters. The fourth-order valence-electron chi connectivity index (χ4n) is 3.64. The highest BCUT2D eigenvalue weighted by Crippen LogP contribution is 2.32. The first kappa shape index (κ1) is 19.9. The Morgan fingerprint density at radius 3 is 2.50 bits per heavy atom. The quantitative estimate of drug-likeness (QED) is 0.744. The zero-order valence-electron chi connectivity index (χ0n) is 16.4. The van der Waals surface area contributed by atoms with E-state index >= 15 is 0 Å². The van der Waals surface area contributed by atoms with Gasteiger partial charge in [-0.25, -0.2) is 9.59 Å². The molecular formula is C22H25NO5. The fourth-order valence-corrected chi connectivity index (χ4v) is 3.64. The Hall–Kier alpha value is -2.89. The first-order valence-corrected chi connectivity index (χ1v) is 9.54. The molecule has 0 aromatic heterocycles. The number of nitrogens with one attached hydrogen (secondary N) is 1. The Morgan fingerprint density at radius 2 is 1.82 bits per heavy atom. The molecule has 1 N–H and O–H groups in total. The number of hydrogen-bond donors (Lipinski definition) is 1. The predicted molar refractivity (Wildman–Crippen MR) is 105 cm³/mol. The molecule has 2 aromatic carbocycles. The van der Waals surface area contributed by atoms with Crippen LogP contribution in [0.25, 0.3) is 10.8 Å². The van der Waals surface area contributed by atoms with E-state index in [0.717, 1.165) is 23.6 Å². The van der Waals surface area contributed by atoms with E-state index in [0.29, 0.717) is 12.0 Å². The second kappa shape index (κ2) is 8.42. The molecule has 0 bridgehead atoms. The van der Waals surface area contributed by atoms with Gasteiger partial charge in [0.25, 0.3) is 5.91 Å². The van der Waals surface area contributed by atoms with Crippen molar-refractivity contribution in [3.05, 3.63) is 47.0 Å². The fraction of sp³-hybridized carbons (Fsp3) is 0.409. The smallest absolute Gasteiger partial charge is 0.339 e. The molecule has 6 nitrogen and oxygen atoms in total. The highest BCUT2D eigenvalue weighted by atomic mass is 16.5. The van der Waals surface area contributed by atoms with Crippen LogP contribution in [0.3, 0.4) is 0 Å². The second-order valence-corrected chi connectivity index (χ2v) is 7.14.